The van der Waals surface area contributed by atoms with Crippen molar-refractivity contribution in [1.82, 2.24) is 14.5 Å². The van der Waals surface area contributed by atoms with Gasteiger partial charge in [0, 0.05) is 56.9 Å². The van der Waals surface area contributed by atoms with Crippen LogP contribution in [0.1, 0.15) is 6.42 Å². The van der Waals surface area contributed by atoms with E-state index in [1.165, 1.54) is 0 Å². The van der Waals surface area contributed by atoms with Gasteiger partial charge in [0.2, 0.25) is 11.9 Å². The van der Waals surface area contributed by atoms with E-state index in [9.17, 15) is 4.79 Å². The molecule has 0 saturated carbocycles. The molecule has 1 saturated heterocycles. The van der Waals surface area contributed by atoms with Crippen molar-refractivity contribution >= 4 is 23.5 Å². The molecule has 0 aliphatic carbocycles. The highest BCUT2D eigenvalue weighted by Crippen LogP contribution is 2.22. The Labute approximate surface area is 146 Å². The van der Waals surface area contributed by atoms with E-state index in [0.717, 1.165) is 30.5 Å². The van der Waals surface area contributed by atoms with Gasteiger partial charge in [0.1, 0.15) is 5.75 Å². The largest absolute Gasteiger partial charge is 0.497 e. The van der Waals surface area contributed by atoms with Gasteiger partial charge in [-0.3, -0.25) is 9.36 Å². The number of ether oxygens (including phenoxy) is 1. The van der Waals surface area contributed by atoms with Crippen molar-refractivity contribution in [1.29, 1.82) is 0 Å². The predicted molar refractivity (Wildman–Crippen MR) is 94.2 cm³/mol. The highest BCUT2D eigenvalue weighted by Gasteiger charge is 2.23. The number of piperazine rings is 1. The molecule has 128 valence electrons. The molecule has 1 fully saturated rings. The summed E-state index contributed by atoms with van der Waals surface area (Å²) in [6.07, 6.45) is 4.13. The number of carbonyl (C=O) groups is 1. The zero-order valence-electron chi connectivity index (χ0n) is 13.7. The van der Waals surface area contributed by atoms with Gasteiger partial charge in [-0.1, -0.05) is 6.07 Å². The average molecular weight is 349 g/mol. The number of amides is 1. The summed E-state index contributed by atoms with van der Waals surface area (Å²) in [4.78, 5) is 20.5. The number of anilines is 1. The minimum Gasteiger partial charge on any atom is -0.497 e. The van der Waals surface area contributed by atoms with Crippen molar-refractivity contribution in [2.75, 3.05) is 44.1 Å². The van der Waals surface area contributed by atoms with Crippen molar-refractivity contribution in [2.45, 2.75) is 6.42 Å². The van der Waals surface area contributed by atoms with Crippen molar-refractivity contribution in [2.24, 2.45) is 0 Å². The second kappa shape index (κ2) is 7.57. The molecule has 1 aromatic carbocycles. The van der Waals surface area contributed by atoms with Crippen LogP contribution in [0.3, 0.4) is 0 Å². The summed E-state index contributed by atoms with van der Waals surface area (Å²) in [5, 5.41) is 0. The van der Waals surface area contributed by atoms with Crippen molar-refractivity contribution in [3.8, 4) is 11.4 Å². The molecule has 1 aliphatic heterocycles. The fraction of sp³-hybridized carbons (Fsp3) is 0.412. The van der Waals surface area contributed by atoms with Gasteiger partial charge in [0.05, 0.1) is 12.8 Å². The monoisotopic (exact) mass is 348 g/mol. The van der Waals surface area contributed by atoms with Crippen molar-refractivity contribution in [3.05, 3.63) is 36.7 Å². The third-order valence-electron chi connectivity index (χ3n) is 4.18. The zero-order valence-corrected chi connectivity index (χ0v) is 14.4. The highest BCUT2D eigenvalue weighted by atomic mass is 35.5. The summed E-state index contributed by atoms with van der Waals surface area (Å²) in [5.41, 5.74) is 1.00. The fourth-order valence-corrected chi connectivity index (χ4v) is 3.05. The Bertz CT molecular complexity index is 695. The van der Waals surface area contributed by atoms with E-state index in [1.807, 2.05) is 39.9 Å². The number of hydrogen-bond acceptors (Lipinski definition) is 4. The first-order chi connectivity index (χ1) is 11.7. The Balaban J connectivity index is 1.73. The number of imidazole rings is 1. The third-order valence-corrected chi connectivity index (χ3v) is 4.37. The standard InChI is InChI=1S/C17H21ClN4O2/c1-24-15-4-2-3-14(13-15)22-8-7-19-17(22)21-11-9-20(10-12-21)16(23)5-6-18/h2-4,7-8,13H,5-6,9-12H2,1H3. The molecule has 0 spiro atoms. The maximum absolute atomic E-state index is 11.9. The molecule has 0 radical (unpaired) electrons. The molecule has 2 heterocycles. The SMILES string of the molecule is COc1cccc(-n2ccnc2N2CCN(C(=O)CCCl)CC2)c1. The van der Waals surface area contributed by atoms with Crippen LogP contribution in [0.2, 0.25) is 0 Å². The van der Waals surface area contributed by atoms with Crippen LogP contribution in [0.15, 0.2) is 36.7 Å². The maximum Gasteiger partial charge on any atom is 0.223 e. The first kappa shape index (κ1) is 16.6. The van der Waals surface area contributed by atoms with Crippen LogP contribution in [0.25, 0.3) is 5.69 Å². The second-order valence-electron chi connectivity index (χ2n) is 5.61. The zero-order chi connectivity index (χ0) is 16.9. The Morgan fingerprint density at radius 2 is 2.08 bits per heavy atom. The van der Waals surface area contributed by atoms with Crippen molar-refractivity contribution < 1.29 is 9.53 Å². The van der Waals surface area contributed by atoms with E-state index in [-0.39, 0.29) is 5.91 Å². The Kier molecular flexibility index (Phi) is 5.25. The van der Waals surface area contributed by atoms with Crippen LogP contribution in [0.5, 0.6) is 5.75 Å². The van der Waals surface area contributed by atoms with Gasteiger partial charge in [0.25, 0.3) is 0 Å². The molecular weight excluding hydrogens is 328 g/mol. The molecule has 1 amide bonds. The van der Waals surface area contributed by atoms with Crippen LogP contribution < -0.4 is 9.64 Å². The molecule has 0 bridgehead atoms. The average Bonchev–Trinajstić information content (AvgIpc) is 3.12. The molecule has 7 heteroatoms. The smallest absolute Gasteiger partial charge is 0.223 e. The summed E-state index contributed by atoms with van der Waals surface area (Å²) in [5.74, 6) is 2.19. The summed E-state index contributed by atoms with van der Waals surface area (Å²) >= 11 is 5.66. The number of methoxy groups -OCH3 is 1. The fourth-order valence-electron chi connectivity index (χ4n) is 2.89. The van der Waals surface area contributed by atoms with E-state index < -0.39 is 0 Å². The lowest BCUT2D eigenvalue weighted by molar-refractivity contribution is -0.131. The van der Waals surface area contributed by atoms with E-state index in [2.05, 4.69) is 9.88 Å². The summed E-state index contributed by atoms with van der Waals surface area (Å²) in [7, 11) is 1.66. The number of nitrogens with zero attached hydrogens (tertiary/aromatic N) is 4. The summed E-state index contributed by atoms with van der Waals surface area (Å²) < 4.78 is 7.34. The molecular formula is C17H21ClN4O2. The number of benzene rings is 1. The van der Waals surface area contributed by atoms with Gasteiger partial charge in [-0.25, -0.2) is 4.98 Å². The number of aromatic nitrogens is 2. The lowest BCUT2D eigenvalue weighted by Gasteiger charge is -2.35. The number of carbonyl (C=O) groups excluding carboxylic acids is 1. The van der Waals surface area contributed by atoms with Gasteiger partial charge >= 0.3 is 0 Å². The van der Waals surface area contributed by atoms with E-state index in [1.54, 1.807) is 13.3 Å². The third kappa shape index (κ3) is 3.48. The van der Waals surface area contributed by atoms with E-state index in [4.69, 9.17) is 16.3 Å². The van der Waals surface area contributed by atoms with Crippen LogP contribution in [-0.2, 0) is 4.79 Å². The number of halogens is 1. The summed E-state index contributed by atoms with van der Waals surface area (Å²) in [6, 6.07) is 7.88. The topological polar surface area (TPSA) is 50.6 Å². The molecule has 3 rings (SSSR count). The number of hydrogen-bond donors (Lipinski definition) is 0. The van der Waals surface area contributed by atoms with Crippen molar-refractivity contribution in [3.63, 3.8) is 0 Å². The minimum absolute atomic E-state index is 0.126. The normalized spacial score (nSPS) is 14.8. The van der Waals surface area contributed by atoms with Gasteiger partial charge in [-0.2, -0.15) is 0 Å². The quantitative estimate of drug-likeness (QED) is 0.777. The Morgan fingerprint density at radius 1 is 1.29 bits per heavy atom. The first-order valence-electron chi connectivity index (χ1n) is 7.99. The molecule has 6 nitrogen and oxygen atoms in total. The minimum atomic E-state index is 0.126. The van der Waals surface area contributed by atoms with E-state index in [0.29, 0.717) is 25.4 Å². The number of alkyl halides is 1. The highest BCUT2D eigenvalue weighted by molar-refractivity contribution is 6.18. The van der Waals surface area contributed by atoms with Gasteiger partial charge in [-0.05, 0) is 12.1 Å². The number of rotatable bonds is 5. The molecule has 2 aromatic rings. The van der Waals surface area contributed by atoms with Crippen LogP contribution in [0.4, 0.5) is 5.95 Å². The lowest BCUT2D eigenvalue weighted by atomic mass is 10.3. The molecule has 0 N–H and O–H groups in total. The Morgan fingerprint density at radius 3 is 2.79 bits per heavy atom. The van der Waals surface area contributed by atoms with Crippen LogP contribution >= 0.6 is 11.6 Å². The molecule has 1 aromatic heterocycles. The summed E-state index contributed by atoms with van der Waals surface area (Å²) in [6.45, 7) is 2.91. The van der Waals surface area contributed by atoms with Crippen LogP contribution in [0, 0.1) is 0 Å². The molecule has 0 unspecified atom stereocenters. The first-order valence-corrected chi connectivity index (χ1v) is 8.53. The van der Waals surface area contributed by atoms with Crippen LogP contribution in [-0.4, -0.2) is 59.5 Å². The lowest BCUT2D eigenvalue weighted by Crippen LogP contribution is -2.49. The van der Waals surface area contributed by atoms with Gasteiger partial charge in [-0.15, -0.1) is 11.6 Å². The molecule has 1 aliphatic rings. The molecule has 24 heavy (non-hydrogen) atoms. The second-order valence-corrected chi connectivity index (χ2v) is 5.98. The van der Waals surface area contributed by atoms with E-state index >= 15 is 0 Å². The Hall–Kier alpha value is -2.21. The maximum atomic E-state index is 11.9. The molecule has 0 atom stereocenters. The van der Waals surface area contributed by atoms with Gasteiger partial charge < -0.3 is 14.5 Å². The predicted octanol–water partition coefficient (Wildman–Crippen LogP) is 2.16. The van der Waals surface area contributed by atoms with Gasteiger partial charge in [0.15, 0.2) is 0 Å².